The molecular weight excluding hydrogens is 262 g/mol. The van der Waals surface area contributed by atoms with Crippen molar-refractivity contribution in [1.29, 1.82) is 0 Å². The second-order valence-corrected chi connectivity index (χ2v) is 5.64. The van der Waals surface area contributed by atoms with Gasteiger partial charge < -0.3 is 15.8 Å². The average molecular weight is 285 g/mol. The summed E-state index contributed by atoms with van der Waals surface area (Å²) < 4.78 is 5.76. The number of primary amides is 1. The van der Waals surface area contributed by atoms with Gasteiger partial charge in [-0.3, -0.25) is 4.79 Å². The molecule has 0 aliphatic rings. The second-order valence-electron chi connectivity index (χ2n) is 4.75. The lowest BCUT2D eigenvalue weighted by atomic mass is 9.98. The third-order valence-corrected chi connectivity index (χ3v) is 4.00. The fraction of sp³-hybridized carbons (Fsp3) is 0.692. The molecular formula is C13H23N3O2S. The van der Waals surface area contributed by atoms with Crippen molar-refractivity contribution in [2.45, 2.75) is 39.3 Å². The lowest BCUT2D eigenvalue weighted by Crippen LogP contribution is -2.33. The normalized spacial score (nSPS) is 14.6. The predicted molar refractivity (Wildman–Crippen MR) is 77.3 cm³/mol. The summed E-state index contributed by atoms with van der Waals surface area (Å²) in [6.07, 6.45) is 0.733. The van der Waals surface area contributed by atoms with Crippen LogP contribution in [0.2, 0.25) is 0 Å². The van der Waals surface area contributed by atoms with Crippen molar-refractivity contribution < 1.29 is 9.53 Å². The van der Waals surface area contributed by atoms with Crippen molar-refractivity contribution >= 4 is 17.2 Å². The molecule has 5 nitrogen and oxygen atoms in total. The van der Waals surface area contributed by atoms with Gasteiger partial charge in [0.05, 0.1) is 0 Å². The molecule has 0 radical (unpaired) electrons. The van der Waals surface area contributed by atoms with E-state index in [-0.39, 0.29) is 6.10 Å². The predicted octanol–water partition coefficient (Wildman–Crippen LogP) is 1.95. The van der Waals surface area contributed by atoms with Gasteiger partial charge in [0.1, 0.15) is 16.8 Å². The molecule has 1 amide bonds. The third kappa shape index (κ3) is 4.56. The summed E-state index contributed by atoms with van der Waals surface area (Å²) in [5.74, 6) is 0.00954. The molecule has 0 aliphatic heterocycles. The van der Waals surface area contributed by atoms with Crippen molar-refractivity contribution in [2.24, 2.45) is 11.7 Å². The van der Waals surface area contributed by atoms with Gasteiger partial charge in [-0.05, 0) is 26.3 Å². The van der Waals surface area contributed by atoms with Crippen molar-refractivity contribution in [3.63, 3.8) is 0 Å². The van der Waals surface area contributed by atoms with E-state index in [1.807, 2.05) is 14.0 Å². The molecule has 0 saturated carbocycles. The number of carbonyl (C=O) groups is 1. The van der Waals surface area contributed by atoms with Gasteiger partial charge in [0.15, 0.2) is 0 Å². The van der Waals surface area contributed by atoms with E-state index in [0.717, 1.165) is 11.4 Å². The van der Waals surface area contributed by atoms with E-state index in [0.29, 0.717) is 24.3 Å². The first-order valence-corrected chi connectivity index (χ1v) is 7.41. The molecule has 19 heavy (non-hydrogen) atoms. The molecule has 0 aromatic carbocycles. The molecule has 0 spiro atoms. The minimum Gasteiger partial charge on any atom is -0.371 e. The molecule has 2 atom stereocenters. The smallest absolute Gasteiger partial charge is 0.268 e. The Kier molecular flexibility index (Phi) is 6.41. The van der Waals surface area contributed by atoms with Gasteiger partial charge in [-0.25, -0.2) is 4.98 Å². The summed E-state index contributed by atoms with van der Waals surface area (Å²) in [4.78, 5) is 15.4. The summed E-state index contributed by atoms with van der Waals surface area (Å²) in [5.41, 5.74) is 5.54. The van der Waals surface area contributed by atoms with Crippen molar-refractivity contribution in [2.75, 3.05) is 13.7 Å². The quantitative estimate of drug-likeness (QED) is 0.765. The number of hydrogen-bond donors (Lipinski definition) is 2. The van der Waals surface area contributed by atoms with Gasteiger partial charge >= 0.3 is 0 Å². The zero-order chi connectivity index (χ0) is 14.4. The van der Waals surface area contributed by atoms with Crippen molar-refractivity contribution in [3.05, 3.63) is 16.1 Å². The van der Waals surface area contributed by atoms with Crippen molar-refractivity contribution in [1.82, 2.24) is 10.3 Å². The van der Waals surface area contributed by atoms with Crippen molar-refractivity contribution in [3.8, 4) is 0 Å². The van der Waals surface area contributed by atoms with Gasteiger partial charge in [-0.15, -0.1) is 11.3 Å². The first kappa shape index (κ1) is 16.1. The Hall–Kier alpha value is -0.980. The Morgan fingerprint density at radius 3 is 2.68 bits per heavy atom. The standard InChI is InChI=1S/C13H23N3O2S/c1-5-18-11(6-9(15-4)8(2)3)13-16-10(7-19-13)12(14)17/h7-9,11,15H,5-6H2,1-4H3,(H2,14,17)/t9-,11-/m1/s1. The Labute approximate surface area is 118 Å². The van der Waals surface area contributed by atoms with E-state index in [1.54, 1.807) is 5.38 Å². The molecule has 0 unspecified atom stereocenters. The highest BCUT2D eigenvalue weighted by molar-refractivity contribution is 7.09. The van der Waals surface area contributed by atoms with Crippen LogP contribution in [0.15, 0.2) is 5.38 Å². The van der Waals surface area contributed by atoms with Crippen LogP contribution >= 0.6 is 11.3 Å². The Balaban J connectivity index is 2.83. The summed E-state index contributed by atoms with van der Waals surface area (Å²) in [5, 5.41) is 5.80. The fourth-order valence-electron chi connectivity index (χ4n) is 1.94. The molecule has 108 valence electrons. The molecule has 1 aromatic rings. The van der Waals surface area contributed by atoms with Crippen LogP contribution in [0.5, 0.6) is 0 Å². The monoisotopic (exact) mass is 285 g/mol. The molecule has 1 heterocycles. The summed E-state index contributed by atoms with van der Waals surface area (Å²) in [6.45, 7) is 6.91. The zero-order valence-electron chi connectivity index (χ0n) is 12.0. The Morgan fingerprint density at radius 1 is 1.58 bits per heavy atom. The maximum Gasteiger partial charge on any atom is 0.268 e. The number of rotatable bonds is 8. The van der Waals surface area contributed by atoms with E-state index >= 15 is 0 Å². The maximum atomic E-state index is 11.1. The maximum absolute atomic E-state index is 11.1. The van der Waals surface area contributed by atoms with Crippen LogP contribution in [0.3, 0.4) is 0 Å². The highest BCUT2D eigenvalue weighted by atomic mass is 32.1. The number of amides is 1. The first-order chi connectivity index (χ1) is 8.99. The highest BCUT2D eigenvalue weighted by Crippen LogP contribution is 2.27. The van der Waals surface area contributed by atoms with Crippen LogP contribution < -0.4 is 11.1 Å². The van der Waals surface area contributed by atoms with Crippen LogP contribution in [0, 0.1) is 5.92 Å². The Morgan fingerprint density at radius 2 is 2.26 bits per heavy atom. The molecule has 0 fully saturated rings. The molecule has 6 heteroatoms. The third-order valence-electron chi connectivity index (χ3n) is 3.06. The number of hydrogen-bond acceptors (Lipinski definition) is 5. The lowest BCUT2D eigenvalue weighted by molar-refractivity contribution is 0.0445. The molecule has 0 aliphatic carbocycles. The van der Waals surface area contributed by atoms with E-state index in [9.17, 15) is 4.79 Å². The number of thiazole rings is 1. The first-order valence-electron chi connectivity index (χ1n) is 6.53. The molecule has 0 bridgehead atoms. The largest absolute Gasteiger partial charge is 0.371 e. The number of aromatic nitrogens is 1. The van der Waals surface area contributed by atoms with Gasteiger partial charge in [-0.1, -0.05) is 13.8 Å². The van der Waals surface area contributed by atoms with Gasteiger partial charge in [-0.2, -0.15) is 0 Å². The summed E-state index contributed by atoms with van der Waals surface area (Å²) >= 11 is 1.43. The minimum atomic E-state index is -0.494. The molecule has 1 rings (SSSR count). The topological polar surface area (TPSA) is 77.2 Å². The SMILES string of the molecule is CCO[C@H](C[C@@H](NC)C(C)C)c1nc(C(N)=O)cs1. The lowest BCUT2D eigenvalue weighted by Gasteiger charge is -2.24. The molecule has 0 saturated heterocycles. The Bertz CT molecular complexity index is 406. The van der Waals surface area contributed by atoms with Crippen LogP contribution in [-0.2, 0) is 4.74 Å². The minimum absolute atomic E-state index is 0.0945. The van der Waals surface area contributed by atoms with E-state index in [2.05, 4.69) is 24.1 Å². The molecule has 1 aromatic heterocycles. The fourth-order valence-corrected chi connectivity index (χ4v) is 2.81. The zero-order valence-corrected chi connectivity index (χ0v) is 12.8. The van der Waals surface area contributed by atoms with Gasteiger partial charge in [0.2, 0.25) is 0 Å². The summed E-state index contributed by atoms with van der Waals surface area (Å²) in [6, 6.07) is 0.345. The number of nitrogens with zero attached hydrogens (tertiary/aromatic N) is 1. The second kappa shape index (κ2) is 7.57. The van der Waals surface area contributed by atoms with Crippen LogP contribution in [-0.4, -0.2) is 30.6 Å². The van der Waals surface area contributed by atoms with Crippen LogP contribution in [0.1, 0.15) is 48.8 Å². The number of carbonyl (C=O) groups excluding carboxylic acids is 1. The average Bonchev–Trinajstić information content (AvgIpc) is 2.83. The van der Waals surface area contributed by atoms with Crippen LogP contribution in [0.25, 0.3) is 0 Å². The molecule has 3 N–H and O–H groups in total. The van der Waals surface area contributed by atoms with E-state index in [1.165, 1.54) is 11.3 Å². The number of nitrogens with two attached hydrogens (primary N) is 1. The number of ether oxygens (including phenoxy) is 1. The van der Waals surface area contributed by atoms with Gasteiger partial charge in [0.25, 0.3) is 5.91 Å². The van der Waals surface area contributed by atoms with E-state index in [4.69, 9.17) is 10.5 Å². The highest BCUT2D eigenvalue weighted by Gasteiger charge is 2.23. The van der Waals surface area contributed by atoms with Crippen LogP contribution in [0.4, 0.5) is 0 Å². The van der Waals surface area contributed by atoms with Gasteiger partial charge in [0, 0.05) is 18.0 Å². The number of nitrogens with one attached hydrogen (secondary N) is 1. The summed E-state index contributed by atoms with van der Waals surface area (Å²) in [7, 11) is 1.95. The van der Waals surface area contributed by atoms with E-state index < -0.39 is 5.91 Å².